The van der Waals surface area contributed by atoms with Crippen LogP contribution in [0.25, 0.3) is 0 Å². The molecule has 0 fully saturated rings. The minimum Gasteiger partial charge on any atom is -0.206 e. The first-order valence-corrected chi connectivity index (χ1v) is 4.24. The molecule has 1 aromatic rings. The van der Waals surface area contributed by atoms with Crippen LogP contribution in [-0.2, 0) is 6.42 Å². The van der Waals surface area contributed by atoms with Crippen molar-refractivity contribution in [2.75, 3.05) is 0 Å². The maximum Gasteiger partial charge on any atom is 0.138 e. The van der Waals surface area contributed by atoms with Gasteiger partial charge in [0.1, 0.15) is 11.9 Å². The van der Waals surface area contributed by atoms with E-state index in [0.29, 0.717) is 5.56 Å². The summed E-state index contributed by atoms with van der Waals surface area (Å²) < 4.78 is 13.0. The number of nitrogens with zero attached hydrogens (tertiary/aromatic N) is 2. The lowest BCUT2D eigenvalue weighted by molar-refractivity contribution is 0.620. The predicted molar refractivity (Wildman–Crippen MR) is 48.1 cm³/mol. The summed E-state index contributed by atoms with van der Waals surface area (Å²) in [4.78, 5) is 0. The van der Waals surface area contributed by atoms with Crippen LogP contribution in [0.15, 0.2) is 16.6 Å². The molecule has 4 heteroatoms. The lowest BCUT2D eigenvalue weighted by atomic mass is 10.1. The molecule has 0 unspecified atom stereocenters. The van der Waals surface area contributed by atoms with Crippen molar-refractivity contribution >= 4 is 15.9 Å². The molecule has 0 saturated heterocycles. The molecule has 0 bridgehead atoms. The van der Waals surface area contributed by atoms with Crippen molar-refractivity contribution in [1.29, 1.82) is 10.5 Å². The number of halogens is 2. The van der Waals surface area contributed by atoms with Crippen LogP contribution in [0.2, 0.25) is 0 Å². The summed E-state index contributed by atoms with van der Waals surface area (Å²) in [5.74, 6) is -0.488. The van der Waals surface area contributed by atoms with Crippen LogP contribution in [0.5, 0.6) is 0 Å². The van der Waals surface area contributed by atoms with Crippen LogP contribution in [0.4, 0.5) is 4.39 Å². The summed E-state index contributed by atoms with van der Waals surface area (Å²) in [6, 6.07) is 6.44. The molecule has 2 nitrogen and oxygen atoms in total. The molecule has 1 rings (SSSR count). The van der Waals surface area contributed by atoms with Gasteiger partial charge in [-0.05, 0) is 27.6 Å². The zero-order valence-electron chi connectivity index (χ0n) is 6.51. The topological polar surface area (TPSA) is 47.6 Å². The van der Waals surface area contributed by atoms with Crippen molar-refractivity contribution in [3.8, 4) is 12.1 Å². The Morgan fingerprint density at radius 1 is 1.38 bits per heavy atom. The minimum absolute atomic E-state index is 0.113. The largest absolute Gasteiger partial charge is 0.206 e. The van der Waals surface area contributed by atoms with Gasteiger partial charge in [0, 0.05) is 0 Å². The first-order valence-electron chi connectivity index (χ1n) is 3.44. The Morgan fingerprint density at radius 2 is 2.08 bits per heavy atom. The molecule has 0 amide bonds. The highest BCUT2D eigenvalue weighted by Crippen LogP contribution is 2.23. The zero-order chi connectivity index (χ0) is 9.84. The maximum absolute atomic E-state index is 12.9. The van der Waals surface area contributed by atoms with Crippen molar-refractivity contribution in [3.63, 3.8) is 0 Å². The van der Waals surface area contributed by atoms with Crippen molar-refractivity contribution < 1.29 is 4.39 Å². The Balaban J connectivity index is 3.34. The van der Waals surface area contributed by atoms with Crippen molar-refractivity contribution in [3.05, 3.63) is 33.5 Å². The van der Waals surface area contributed by atoms with E-state index < -0.39 is 5.82 Å². The molecule has 0 aromatic heterocycles. The molecule has 0 aliphatic carbocycles. The number of hydrogen-bond donors (Lipinski definition) is 0. The van der Waals surface area contributed by atoms with Gasteiger partial charge in [-0.25, -0.2) is 4.39 Å². The van der Waals surface area contributed by atoms with Crippen LogP contribution < -0.4 is 0 Å². The Labute approximate surface area is 83.3 Å². The monoisotopic (exact) mass is 238 g/mol. The van der Waals surface area contributed by atoms with Gasteiger partial charge in [0.15, 0.2) is 0 Å². The van der Waals surface area contributed by atoms with Crippen LogP contribution >= 0.6 is 15.9 Å². The van der Waals surface area contributed by atoms with E-state index >= 15 is 0 Å². The molecular formula is C9H4BrFN2. The van der Waals surface area contributed by atoms with Gasteiger partial charge in [-0.3, -0.25) is 0 Å². The van der Waals surface area contributed by atoms with Crippen LogP contribution in [-0.4, -0.2) is 0 Å². The summed E-state index contributed by atoms with van der Waals surface area (Å²) in [6.07, 6.45) is 0.113. The highest BCUT2D eigenvalue weighted by atomic mass is 79.9. The second-order valence-corrected chi connectivity index (χ2v) is 3.14. The number of nitriles is 2. The molecule has 64 valence electrons. The van der Waals surface area contributed by atoms with Crippen LogP contribution in [0, 0.1) is 28.5 Å². The molecule has 0 heterocycles. The van der Waals surface area contributed by atoms with E-state index in [9.17, 15) is 4.39 Å². The van der Waals surface area contributed by atoms with E-state index in [1.54, 1.807) is 0 Å². The molecule has 0 aliphatic rings. The highest BCUT2D eigenvalue weighted by molar-refractivity contribution is 9.10. The lowest BCUT2D eigenvalue weighted by Gasteiger charge is -2.01. The molecule has 0 aliphatic heterocycles. The molecule has 0 N–H and O–H groups in total. The molecule has 1 aromatic carbocycles. The van der Waals surface area contributed by atoms with Gasteiger partial charge < -0.3 is 0 Å². The van der Waals surface area contributed by atoms with Gasteiger partial charge in [-0.15, -0.1) is 0 Å². The Bertz CT molecular complexity index is 415. The molecule has 0 spiro atoms. The third-order valence-corrected chi connectivity index (χ3v) is 2.34. The summed E-state index contributed by atoms with van der Waals surface area (Å²) in [5.41, 5.74) is 0.736. The SMILES string of the molecule is N#CCc1ccc(F)c(Br)c1C#N. The number of benzene rings is 1. The van der Waals surface area contributed by atoms with Gasteiger partial charge >= 0.3 is 0 Å². The smallest absolute Gasteiger partial charge is 0.138 e. The average molecular weight is 239 g/mol. The average Bonchev–Trinajstić information content (AvgIpc) is 2.12. The van der Waals surface area contributed by atoms with Gasteiger partial charge in [0.2, 0.25) is 0 Å². The van der Waals surface area contributed by atoms with E-state index in [1.165, 1.54) is 12.1 Å². The lowest BCUT2D eigenvalue weighted by Crippen LogP contribution is -1.92. The van der Waals surface area contributed by atoms with Gasteiger partial charge in [0.25, 0.3) is 0 Å². The Kier molecular flexibility index (Phi) is 3.00. The molecule has 13 heavy (non-hydrogen) atoms. The fraction of sp³-hybridized carbons (Fsp3) is 0.111. The van der Waals surface area contributed by atoms with Crippen LogP contribution in [0.1, 0.15) is 11.1 Å². The fourth-order valence-electron chi connectivity index (χ4n) is 0.944. The van der Waals surface area contributed by atoms with Gasteiger partial charge in [-0.2, -0.15) is 10.5 Å². The van der Waals surface area contributed by atoms with Crippen molar-refractivity contribution in [1.82, 2.24) is 0 Å². The fourth-order valence-corrected chi connectivity index (χ4v) is 1.42. The normalized spacial score (nSPS) is 8.92. The van der Waals surface area contributed by atoms with Gasteiger partial charge in [-0.1, -0.05) is 6.07 Å². The maximum atomic E-state index is 12.9. The Hall–Kier alpha value is -1.39. The number of rotatable bonds is 1. The summed E-state index contributed by atoms with van der Waals surface area (Å²) >= 11 is 2.95. The zero-order valence-corrected chi connectivity index (χ0v) is 8.10. The van der Waals surface area contributed by atoms with E-state index in [0.717, 1.165) is 0 Å². The van der Waals surface area contributed by atoms with E-state index in [4.69, 9.17) is 10.5 Å². The first kappa shape index (κ1) is 9.70. The second-order valence-electron chi connectivity index (χ2n) is 2.34. The molecule has 0 atom stereocenters. The standard InChI is InChI=1S/C9H4BrFN2/c10-9-7(5-13)6(3-4-12)1-2-8(9)11/h1-2H,3H2. The van der Waals surface area contributed by atoms with E-state index in [2.05, 4.69) is 15.9 Å². The highest BCUT2D eigenvalue weighted by Gasteiger charge is 2.10. The quantitative estimate of drug-likeness (QED) is 0.755. The van der Waals surface area contributed by atoms with Crippen molar-refractivity contribution in [2.45, 2.75) is 6.42 Å². The Morgan fingerprint density at radius 3 is 2.62 bits per heavy atom. The summed E-state index contributed by atoms with van der Waals surface area (Å²) in [6.45, 7) is 0. The van der Waals surface area contributed by atoms with E-state index in [1.807, 2.05) is 12.1 Å². The van der Waals surface area contributed by atoms with Gasteiger partial charge in [0.05, 0.1) is 22.5 Å². The van der Waals surface area contributed by atoms with Crippen LogP contribution in [0.3, 0.4) is 0 Å². The predicted octanol–water partition coefficient (Wildman–Crippen LogP) is 2.53. The summed E-state index contributed by atoms with van der Waals surface area (Å²) in [5, 5.41) is 17.1. The molecular weight excluding hydrogens is 235 g/mol. The molecule has 0 saturated carbocycles. The third kappa shape index (κ3) is 1.85. The summed E-state index contributed by atoms with van der Waals surface area (Å²) in [7, 11) is 0. The minimum atomic E-state index is -0.488. The molecule has 0 radical (unpaired) electrons. The van der Waals surface area contributed by atoms with Crippen molar-refractivity contribution in [2.24, 2.45) is 0 Å². The third-order valence-electron chi connectivity index (χ3n) is 1.56. The number of hydrogen-bond acceptors (Lipinski definition) is 2. The first-order chi connectivity index (χ1) is 6.20. The second kappa shape index (κ2) is 4.02. The van der Waals surface area contributed by atoms with E-state index in [-0.39, 0.29) is 16.5 Å².